The lowest BCUT2D eigenvalue weighted by Crippen LogP contribution is -2.27. The molecule has 3 rings (SSSR count). The Morgan fingerprint density at radius 3 is 2.74 bits per heavy atom. The van der Waals surface area contributed by atoms with Gasteiger partial charge in [0.2, 0.25) is 11.9 Å². The maximum absolute atomic E-state index is 11.9. The SMILES string of the molecule is CN(C)c1nc(CNC(=O)c2ccco2)nc(N2CCCC2)n1. The quantitative estimate of drug-likeness (QED) is 0.882. The van der Waals surface area contributed by atoms with Crippen molar-refractivity contribution in [3.8, 4) is 0 Å². The topological polar surface area (TPSA) is 87.4 Å². The van der Waals surface area contributed by atoms with E-state index in [1.807, 2.05) is 19.0 Å². The molecule has 0 spiro atoms. The number of aromatic nitrogens is 3. The monoisotopic (exact) mass is 316 g/mol. The summed E-state index contributed by atoms with van der Waals surface area (Å²) >= 11 is 0. The number of hydrogen-bond acceptors (Lipinski definition) is 7. The Bertz CT molecular complexity index is 665. The van der Waals surface area contributed by atoms with Gasteiger partial charge in [-0.15, -0.1) is 0 Å². The molecule has 1 saturated heterocycles. The van der Waals surface area contributed by atoms with Crippen LogP contribution in [0, 0.1) is 0 Å². The Hall–Kier alpha value is -2.64. The second-order valence-corrected chi connectivity index (χ2v) is 5.60. The van der Waals surface area contributed by atoms with Crippen LogP contribution >= 0.6 is 0 Å². The average Bonchev–Trinajstić information content (AvgIpc) is 3.25. The van der Waals surface area contributed by atoms with Gasteiger partial charge in [0.1, 0.15) is 0 Å². The number of hydrogen-bond donors (Lipinski definition) is 1. The lowest BCUT2D eigenvalue weighted by atomic mass is 10.4. The first-order valence-electron chi connectivity index (χ1n) is 7.62. The fourth-order valence-corrected chi connectivity index (χ4v) is 2.39. The number of rotatable bonds is 5. The molecule has 0 saturated carbocycles. The molecule has 1 aliphatic heterocycles. The average molecular weight is 316 g/mol. The van der Waals surface area contributed by atoms with E-state index in [4.69, 9.17) is 4.42 Å². The molecule has 2 aromatic heterocycles. The van der Waals surface area contributed by atoms with E-state index in [1.54, 1.807) is 12.1 Å². The molecule has 8 nitrogen and oxygen atoms in total. The van der Waals surface area contributed by atoms with E-state index in [0.717, 1.165) is 25.9 Å². The summed E-state index contributed by atoms with van der Waals surface area (Å²) in [5.41, 5.74) is 0. The molecule has 0 aromatic carbocycles. The van der Waals surface area contributed by atoms with Crippen LogP contribution in [0.1, 0.15) is 29.2 Å². The zero-order valence-corrected chi connectivity index (χ0v) is 13.3. The summed E-state index contributed by atoms with van der Waals surface area (Å²) in [5.74, 6) is 1.77. The molecule has 0 bridgehead atoms. The van der Waals surface area contributed by atoms with Gasteiger partial charge in [0.15, 0.2) is 11.6 Å². The normalized spacial score (nSPS) is 14.1. The third-order valence-corrected chi connectivity index (χ3v) is 3.60. The predicted octanol–water partition coefficient (Wildman–Crippen LogP) is 1.06. The summed E-state index contributed by atoms with van der Waals surface area (Å²) in [6, 6.07) is 3.29. The molecule has 0 aliphatic carbocycles. The van der Waals surface area contributed by atoms with Crippen LogP contribution < -0.4 is 15.1 Å². The minimum Gasteiger partial charge on any atom is -0.459 e. The van der Waals surface area contributed by atoms with E-state index >= 15 is 0 Å². The van der Waals surface area contributed by atoms with Crippen LogP contribution in [0.25, 0.3) is 0 Å². The van der Waals surface area contributed by atoms with Gasteiger partial charge in [0.25, 0.3) is 5.91 Å². The van der Waals surface area contributed by atoms with Crippen molar-refractivity contribution in [3.63, 3.8) is 0 Å². The van der Waals surface area contributed by atoms with Crippen LogP contribution in [0.3, 0.4) is 0 Å². The summed E-state index contributed by atoms with van der Waals surface area (Å²) in [4.78, 5) is 29.3. The first-order valence-corrected chi connectivity index (χ1v) is 7.62. The first kappa shape index (κ1) is 15.3. The van der Waals surface area contributed by atoms with Crippen molar-refractivity contribution in [2.45, 2.75) is 19.4 Å². The van der Waals surface area contributed by atoms with Gasteiger partial charge >= 0.3 is 0 Å². The molecule has 8 heteroatoms. The lowest BCUT2D eigenvalue weighted by Gasteiger charge is -2.18. The van der Waals surface area contributed by atoms with Gasteiger partial charge in [-0.2, -0.15) is 15.0 Å². The van der Waals surface area contributed by atoms with E-state index < -0.39 is 0 Å². The molecule has 1 fully saturated rings. The summed E-state index contributed by atoms with van der Waals surface area (Å²) < 4.78 is 5.07. The summed E-state index contributed by atoms with van der Waals surface area (Å²) in [6.07, 6.45) is 3.76. The third kappa shape index (κ3) is 3.58. The second-order valence-electron chi connectivity index (χ2n) is 5.60. The maximum Gasteiger partial charge on any atom is 0.287 e. The minimum atomic E-state index is -0.287. The highest BCUT2D eigenvalue weighted by molar-refractivity contribution is 5.91. The van der Waals surface area contributed by atoms with Crippen LogP contribution in [-0.4, -0.2) is 48.0 Å². The van der Waals surface area contributed by atoms with Crippen LogP contribution in [0.4, 0.5) is 11.9 Å². The van der Waals surface area contributed by atoms with Crippen molar-refractivity contribution in [1.29, 1.82) is 0 Å². The van der Waals surface area contributed by atoms with Crippen LogP contribution in [0.15, 0.2) is 22.8 Å². The van der Waals surface area contributed by atoms with E-state index in [-0.39, 0.29) is 18.2 Å². The molecule has 122 valence electrons. The van der Waals surface area contributed by atoms with Gasteiger partial charge in [0.05, 0.1) is 12.8 Å². The highest BCUT2D eigenvalue weighted by Crippen LogP contribution is 2.18. The van der Waals surface area contributed by atoms with Crippen LogP contribution in [-0.2, 0) is 6.54 Å². The number of carbonyl (C=O) groups is 1. The number of nitrogens with zero attached hydrogens (tertiary/aromatic N) is 5. The third-order valence-electron chi connectivity index (χ3n) is 3.60. The minimum absolute atomic E-state index is 0.226. The Morgan fingerprint density at radius 2 is 2.09 bits per heavy atom. The summed E-state index contributed by atoms with van der Waals surface area (Å²) in [6.45, 7) is 2.13. The molecule has 1 aliphatic rings. The standard InChI is InChI=1S/C15H20N6O2/c1-20(2)14-17-12(10-16-13(22)11-6-5-9-23-11)18-15(19-14)21-7-3-4-8-21/h5-6,9H,3-4,7-8,10H2,1-2H3,(H,16,22). The summed E-state index contributed by atoms with van der Waals surface area (Å²) in [7, 11) is 3.77. The van der Waals surface area contributed by atoms with Gasteiger partial charge < -0.3 is 19.5 Å². The van der Waals surface area contributed by atoms with Crippen molar-refractivity contribution < 1.29 is 9.21 Å². The van der Waals surface area contributed by atoms with E-state index in [1.165, 1.54) is 6.26 Å². The Labute approximate surface area is 134 Å². The van der Waals surface area contributed by atoms with Crippen molar-refractivity contribution >= 4 is 17.8 Å². The lowest BCUT2D eigenvalue weighted by molar-refractivity contribution is 0.0922. The van der Waals surface area contributed by atoms with Crippen molar-refractivity contribution in [1.82, 2.24) is 20.3 Å². The van der Waals surface area contributed by atoms with E-state index in [0.29, 0.717) is 17.7 Å². The van der Waals surface area contributed by atoms with Crippen LogP contribution in [0.2, 0.25) is 0 Å². The summed E-state index contributed by atoms with van der Waals surface area (Å²) in [5, 5.41) is 2.76. The van der Waals surface area contributed by atoms with Crippen LogP contribution in [0.5, 0.6) is 0 Å². The van der Waals surface area contributed by atoms with Gasteiger partial charge in [-0.05, 0) is 25.0 Å². The van der Waals surface area contributed by atoms with Gasteiger partial charge in [-0.3, -0.25) is 4.79 Å². The molecule has 0 atom stereocenters. The van der Waals surface area contributed by atoms with E-state index in [2.05, 4.69) is 25.2 Å². The Morgan fingerprint density at radius 1 is 1.30 bits per heavy atom. The fourth-order valence-electron chi connectivity index (χ4n) is 2.39. The molecular weight excluding hydrogens is 296 g/mol. The number of amides is 1. The van der Waals surface area contributed by atoms with Crippen molar-refractivity contribution in [3.05, 3.63) is 30.0 Å². The molecule has 1 amide bonds. The Balaban J connectivity index is 1.76. The molecule has 0 unspecified atom stereocenters. The smallest absolute Gasteiger partial charge is 0.287 e. The Kier molecular flexibility index (Phi) is 4.40. The molecule has 2 aromatic rings. The van der Waals surface area contributed by atoms with Gasteiger partial charge in [-0.1, -0.05) is 0 Å². The fraction of sp³-hybridized carbons (Fsp3) is 0.467. The molecular formula is C15H20N6O2. The highest BCUT2D eigenvalue weighted by Gasteiger charge is 2.18. The zero-order chi connectivity index (χ0) is 16.2. The van der Waals surface area contributed by atoms with Crippen molar-refractivity contribution in [2.24, 2.45) is 0 Å². The van der Waals surface area contributed by atoms with Gasteiger partial charge in [-0.25, -0.2) is 0 Å². The molecule has 23 heavy (non-hydrogen) atoms. The number of carbonyl (C=O) groups excluding carboxylic acids is 1. The number of anilines is 2. The number of furan rings is 1. The van der Waals surface area contributed by atoms with Gasteiger partial charge in [0, 0.05) is 27.2 Å². The van der Waals surface area contributed by atoms with Crippen molar-refractivity contribution in [2.75, 3.05) is 37.0 Å². The second kappa shape index (κ2) is 6.64. The predicted molar refractivity (Wildman–Crippen MR) is 85.5 cm³/mol. The molecule has 3 heterocycles. The highest BCUT2D eigenvalue weighted by atomic mass is 16.3. The van der Waals surface area contributed by atoms with E-state index in [9.17, 15) is 4.79 Å². The first-order chi connectivity index (χ1) is 11.1. The largest absolute Gasteiger partial charge is 0.459 e. The molecule has 0 radical (unpaired) electrons. The zero-order valence-electron chi connectivity index (χ0n) is 13.3. The molecule has 1 N–H and O–H groups in total. The maximum atomic E-state index is 11.9. The number of nitrogens with one attached hydrogen (secondary N) is 1.